The molecule has 4 aliphatic carbocycles. The number of anilines is 1. The van der Waals surface area contributed by atoms with Crippen molar-refractivity contribution in [1.82, 2.24) is 19.5 Å². The van der Waals surface area contributed by atoms with E-state index in [1.165, 1.54) is 31.9 Å². The standard InChI is InChI=1S/C20H27N5O4/c21-17-14-18(23-8-22-17)25(9-24-14)19-16(27)15(26)13(29-19)7-28-20-4-10-1-11(5-20)3-12(2-10)6-20/h8-13,15-16,19,26-27H,1-7H2,(H2,21,22,23)/t10?,11?,12?,13-,15-,16-,19-,20?/m1/s1. The lowest BCUT2D eigenvalue weighted by Gasteiger charge is -2.56. The van der Waals surface area contributed by atoms with Crippen LogP contribution in [0.3, 0.4) is 0 Å². The Morgan fingerprint density at radius 1 is 1.07 bits per heavy atom. The van der Waals surface area contributed by atoms with Gasteiger partial charge < -0.3 is 25.4 Å². The molecule has 9 heteroatoms. The highest BCUT2D eigenvalue weighted by molar-refractivity contribution is 5.81. The molecular weight excluding hydrogens is 374 g/mol. The van der Waals surface area contributed by atoms with Gasteiger partial charge in [0.05, 0.1) is 18.5 Å². The van der Waals surface area contributed by atoms with Gasteiger partial charge in [-0.3, -0.25) is 4.57 Å². The average Bonchev–Trinajstić information content (AvgIpc) is 3.22. The third-order valence-electron chi connectivity index (χ3n) is 7.53. The van der Waals surface area contributed by atoms with Crippen LogP contribution in [-0.4, -0.2) is 60.3 Å². The third kappa shape index (κ3) is 2.78. The van der Waals surface area contributed by atoms with E-state index in [9.17, 15) is 10.2 Å². The van der Waals surface area contributed by atoms with Gasteiger partial charge >= 0.3 is 0 Å². The molecule has 1 saturated heterocycles. The van der Waals surface area contributed by atoms with Gasteiger partial charge in [-0.2, -0.15) is 0 Å². The number of nitrogens with zero attached hydrogens (tertiary/aromatic N) is 4. The first-order valence-electron chi connectivity index (χ1n) is 10.6. The number of nitrogen functional groups attached to an aromatic ring is 1. The lowest BCUT2D eigenvalue weighted by atomic mass is 9.54. The zero-order valence-electron chi connectivity index (χ0n) is 16.2. The zero-order valence-corrected chi connectivity index (χ0v) is 16.2. The van der Waals surface area contributed by atoms with Gasteiger partial charge in [-0.25, -0.2) is 15.0 Å². The van der Waals surface area contributed by atoms with Crippen LogP contribution >= 0.6 is 0 Å². The lowest BCUT2D eigenvalue weighted by Crippen LogP contribution is -2.53. The summed E-state index contributed by atoms with van der Waals surface area (Å²) in [7, 11) is 0. The largest absolute Gasteiger partial charge is 0.387 e. The molecule has 29 heavy (non-hydrogen) atoms. The fourth-order valence-corrected chi connectivity index (χ4v) is 6.62. The Morgan fingerprint density at radius 3 is 2.45 bits per heavy atom. The predicted octanol–water partition coefficient (Wildman–Crippen LogP) is 1.01. The molecule has 0 unspecified atom stereocenters. The van der Waals surface area contributed by atoms with Crippen molar-refractivity contribution in [2.24, 2.45) is 17.8 Å². The molecule has 0 radical (unpaired) electrons. The highest BCUT2D eigenvalue weighted by atomic mass is 16.6. The van der Waals surface area contributed by atoms with E-state index in [4.69, 9.17) is 15.2 Å². The van der Waals surface area contributed by atoms with Crippen molar-refractivity contribution in [2.45, 2.75) is 68.7 Å². The first kappa shape index (κ1) is 18.0. The summed E-state index contributed by atoms with van der Waals surface area (Å²) in [4.78, 5) is 12.4. The van der Waals surface area contributed by atoms with Crippen molar-refractivity contribution >= 4 is 17.0 Å². The van der Waals surface area contributed by atoms with Crippen LogP contribution in [0.25, 0.3) is 11.2 Å². The van der Waals surface area contributed by atoms with E-state index in [0.29, 0.717) is 11.2 Å². The number of hydrogen-bond acceptors (Lipinski definition) is 8. The molecule has 0 spiro atoms. The smallest absolute Gasteiger partial charge is 0.167 e. The second-order valence-electron chi connectivity index (χ2n) is 9.54. The van der Waals surface area contributed by atoms with Gasteiger partial charge in [-0.15, -0.1) is 0 Å². The van der Waals surface area contributed by atoms with E-state index in [1.807, 2.05) is 0 Å². The second-order valence-corrected chi connectivity index (χ2v) is 9.54. The summed E-state index contributed by atoms with van der Waals surface area (Å²) in [6, 6.07) is 0. The van der Waals surface area contributed by atoms with Crippen molar-refractivity contribution in [3.05, 3.63) is 12.7 Å². The molecule has 5 fully saturated rings. The van der Waals surface area contributed by atoms with Gasteiger partial charge in [0, 0.05) is 0 Å². The van der Waals surface area contributed by atoms with Gasteiger partial charge in [-0.05, 0) is 56.3 Å². The fourth-order valence-electron chi connectivity index (χ4n) is 6.62. The lowest BCUT2D eigenvalue weighted by molar-refractivity contribution is -0.185. The van der Waals surface area contributed by atoms with E-state index in [-0.39, 0.29) is 18.0 Å². The Morgan fingerprint density at radius 2 is 1.76 bits per heavy atom. The molecule has 0 aromatic carbocycles. The molecule has 3 heterocycles. The molecule has 156 valence electrons. The molecule has 4 saturated carbocycles. The first-order chi connectivity index (χ1) is 14.0. The van der Waals surface area contributed by atoms with E-state index < -0.39 is 24.5 Å². The minimum Gasteiger partial charge on any atom is -0.387 e. The molecule has 4 bridgehead atoms. The molecule has 1 aliphatic heterocycles. The summed E-state index contributed by atoms with van der Waals surface area (Å²) in [6.07, 6.45) is 6.75. The van der Waals surface area contributed by atoms with E-state index in [0.717, 1.165) is 37.0 Å². The van der Waals surface area contributed by atoms with Crippen LogP contribution in [0.5, 0.6) is 0 Å². The number of aromatic nitrogens is 4. The second kappa shape index (κ2) is 6.34. The maximum absolute atomic E-state index is 10.6. The number of hydrogen-bond donors (Lipinski definition) is 3. The summed E-state index contributed by atoms with van der Waals surface area (Å²) in [6.45, 7) is 0.282. The number of imidazole rings is 1. The predicted molar refractivity (Wildman–Crippen MR) is 103 cm³/mol. The van der Waals surface area contributed by atoms with E-state index in [2.05, 4.69) is 15.0 Å². The number of rotatable bonds is 4. The number of ether oxygens (including phenoxy) is 2. The van der Waals surface area contributed by atoms with Crippen LogP contribution in [0, 0.1) is 17.8 Å². The monoisotopic (exact) mass is 401 g/mol. The molecule has 4 N–H and O–H groups in total. The first-order valence-corrected chi connectivity index (χ1v) is 10.6. The molecule has 5 aliphatic rings. The van der Waals surface area contributed by atoms with E-state index in [1.54, 1.807) is 4.57 Å². The average molecular weight is 401 g/mol. The summed E-state index contributed by atoms with van der Waals surface area (Å²) in [5, 5.41) is 21.3. The van der Waals surface area contributed by atoms with Crippen molar-refractivity contribution in [3.63, 3.8) is 0 Å². The third-order valence-corrected chi connectivity index (χ3v) is 7.53. The summed E-state index contributed by atoms with van der Waals surface area (Å²) in [5.41, 5.74) is 6.70. The van der Waals surface area contributed by atoms with Gasteiger partial charge in [0.25, 0.3) is 0 Å². The van der Waals surface area contributed by atoms with Gasteiger partial charge in [-0.1, -0.05) is 0 Å². The number of aliphatic hydroxyl groups excluding tert-OH is 2. The van der Waals surface area contributed by atoms with Crippen molar-refractivity contribution in [1.29, 1.82) is 0 Å². The van der Waals surface area contributed by atoms with Crippen LogP contribution in [0.4, 0.5) is 5.82 Å². The zero-order chi connectivity index (χ0) is 19.8. The van der Waals surface area contributed by atoms with E-state index >= 15 is 0 Å². The molecule has 4 atom stereocenters. The van der Waals surface area contributed by atoms with Crippen LogP contribution in [0.15, 0.2) is 12.7 Å². The Bertz CT molecular complexity index is 897. The number of fused-ring (bicyclic) bond motifs is 1. The molecule has 2 aromatic heterocycles. The SMILES string of the molecule is Nc1ncnc2c1ncn2[C@@H]1O[C@H](COC23CC4CC(CC(C4)C2)C3)[C@@H](O)[C@H]1O. The minimum atomic E-state index is -1.10. The maximum atomic E-state index is 10.6. The molecule has 9 nitrogen and oxygen atoms in total. The van der Waals surface area contributed by atoms with Crippen LogP contribution in [0.1, 0.15) is 44.8 Å². The van der Waals surface area contributed by atoms with Gasteiger partial charge in [0.2, 0.25) is 0 Å². The normalized spacial score (nSPS) is 43.4. The molecule has 7 rings (SSSR count). The Labute approximate surface area is 168 Å². The summed E-state index contributed by atoms with van der Waals surface area (Å²) >= 11 is 0. The topological polar surface area (TPSA) is 129 Å². The minimum absolute atomic E-state index is 0.0652. The van der Waals surface area contributed by atoms with Crippen molar-refractivity contribution in [2.75, 3.05) is 12.3 Å². The quantitative estimate of drug-likeness (QED) is 0.692. The van der Waals surface area contributed by atoms with Crippen LogP contribution in [-0.2, 0) is 9.47 Å². The van der Waals surface area contributed by atoms with Gasteiger partial charge in [0.1, 0.15) is 30.2 Å². The highest BCUT2D eigenvalue weighted by Gasteiger charge is 2.53. The number of aliphatic hydroxyl groups is 2. The van der Waals surface area contributed by atoms with Crippen molar-refractivity contribution in [3.8, 4) is 0 Å². The number of nitrogens with two attached hydrogens (primary N) is 1. The van der Waals surface area contributed by atoms with Gasteiger partial charge in [0.15, 0.2) is 17.7 Å². The Kier molecular flexibility index (Phi) is 3.94. The fraction of sp³-hybridized carbons (Fsp3) is 0.750. The molecule has 0 amide bonds. The van der Waals surface area contributed by atoms with Crippen LogP contribution in [0.2, 0.25) is 0 Å². The Balaban J connectivity index is 1.19. The summed E-state index contributed by atoms with van der Waals surface area (Å²) in [5.74, 6) is 2.63. The van der Waals surface area contributed by atoms with Crippen LogP contribution < -0.4 is 5.73 Å². The highest BCUT2D eigenvalue weighted by Crippen LogP contribution is 2.57. The van der Waals surface area contributed by atoms with Crippen molar-refractivity contribution < 1.29 is 19.7 Å². The maximum Gasteiger partial charge on any atom is 0.167 e. The summed E-state index contributed by atoms with van der Waals surface area (Å²) < 4.78 is 14.1. The molecular formula is C20H27N5O4. The molecule has 2 aromatic rings. The Hall–Kier alpha value is -1.81.